The minimum atomic E-state index is 0.127. The van der Waals surface area contributed by atoms with E-state index in [9.17, 15) is 0 Å². The van der Waals surface area contributed by atoms with Crippen LogP contribution in [-0.4, -0.2) is 37.5 Å². The van der Waals surface area contributed by atoms with Crippen LogP contribution in [0.3, 0.4) is 0 Å². The summed E-state index contributed by atoms with van der Waals surface area (Å²) >= 11 is 0. The molecule has 0 aromatic carbocycles. The SMILES string of the molecule is CC1CCCCCC1NC1CCOC2(CCOCC2)C1. The van der Waals surface area contributed by atoms with Gasteiger partial charge in [-0.25, -0.2) is 0 Å². The smallest absolute Gasteiger partial charge is 0.0741 e. The number of ether oxygens (including phenoxy) is 2. The van der Waals surface area contributed by atoms with Gasteiger partial charge in [0.05, 0.1) is 5.60 Å². The first kappa shape index (κ1) is 14.8. The van der Waals surface area contributed by atoms with Crippen LogP contribution in [0.2, 0.25) is 0 Å². The molecule has 0 aromatic heterocycles. The van der Waals surface area contributed by atoms with Crippen molar-refractivity contribution in [3.8, 4) is 0 Å². The van der Waals surface area contributed by atoms with E-state index in [1.54, 1.807) is 0 Å². The largest absolute Gasteiger partial charge is 0.381 e. The van der Waals surface area contributed by atoms with Crippen LogP contribution in [0.15, 0.2) is 0 Å². The summed E-state index contributed by atoms with van der Waals surface area (Å²) < 4.78 is 11.7. The lowest BCUT2D eigenvalue weighted by atomic mass is 9.83. The van der Waals surface area contributed by atoms with Crippen molar-refractivity contribution in [1.29, 1.82) is 0 Å². The highest BCUT2D eigenvalue weighted by Gasteiger charge is 2.39. The second-order valence-corrected chi connectivity index (χ2v) is 7.22. The molecule has 2 aliphatic heterocycles. The second kappa shape index (κ2) is 6.76. The monoisotopic (exact) mass is 281 g/mol. The molecule has 0 radical (unpaired) electrons. The molecule has 0 bridgehead atoms. The van der Waals surface area contributed by atoms with Gasteiger partial charge in [-0.15, -0.1) is 0 Å². The molecule has 1 spiro atoms. The van der Waals surface area contributed by atoms with Crippen molar-refractivity contribution in [2.45, 2.75) is 82.4 Å². The number of hydrogen-bond donors (Lipinski definition) is 1. The maximum Gasteiger partial charge on any atom is 0.0741 e. The van der Waals surface area contributed by atoms with Crippen LogP contribution in [0, 0.1) is 5.92 Å². The van der Waals surface area contributed by atoms with E-state index in [1.807, 2.05) is 0 Å². The van der Waals surface area contributed by atoms with Gasteiger partial charge in [0.2, 0.25) is 0 Å². The van der Waals surface area contributed by atoms with E-state index < -0.39 is 0 Å². The van der Waals surface area contributed by atoms with Crippen LogP contribution < -0.4 is 5.32 Å². The molecular formula is C17H31NO2. The third-order valence-corrected chi connectivity index (χ3v) is 5.71. The lowest BCUT2D eigenvalue weighted by molar-refractivity contribution is -0.141. The molecule has 3 atom stereocenters. The summed E-state index contributed by atoms with van der Waals surface area (Å²) in [6.07, 6.45) is 11.6. The normalized spacial score (nSPS) is 38.5. The predicted molar refractivity (Wildman–Crippen MR) is 80.9 cm³/mol. The molecule has 3 rings (SSSR count). The van der Waals surface area contributed by atoms with Gasteiger partial charge in [0.1, 0.15) is 0 Å². The van der Waals surface area contributed by atoms with E-state index >= 15 is 0 Å². The molecule has 3 fully saturated rings. The first-order valence-electron chi connectivity index (χ1n) is 8.75. The van der Waals surface area contributed by atoms with Crippen LogP contribution in [0.1, 0.15) is 64.7 Å². The second-order valence-electron chi connectivity index (χ2n) is 7.22. The molecule has 0 amide bonds. The van der Waals surface area contributed by atoms with Crippen LogP contribution in [-0.2, 0) is 9.47 Å². The molecular weight excluding hydrogens is 250 g/mol. The Morgan fingerprint density at radius 3 is 2.60 bits per heavy atom. The van der Waals surface area contributed by atoms with E-state index in [1.165, 1.54) is 44.9 Å². The van der Waals surface area contributed by atoms with E-state index in [0.29, 0.717) is 6.04 Å². The third-order valence-electron chi connectivity index (χ3n) is 5.71. The molecule has 20 heavy (non-hydrogen) atoms. The zero-order valence-corrected chi connectivity index (χ0v) is 13.0. The Morgan fingerprint density at radius 2 is 1.75 bits per heavy atom. The van der Waals surface area contributed by atoms with Crippen LogP contribution >= 0.6 is 0 Å². The van der Waals surface area contributed by atoms with Gasteiger partial charge in [0.25, 0.3) is 0 Å². The van der Waals surface area contributed by atoms with E-state index in [2.05, 4.69) is 12.2 Å². The molecule has 2 saturated heterocycles. The zero-order chi connectivity index (χ0) is 13.8. The summed E-state index contributed by atoms with van der Waals surface area (Å²) in [5, 5.41) is 4.00. The highest BCUT2D eigenvalue weighted by atomic mass is 16.5. The lowest BCUT2D eigenvalue weighted by Gasteiger charge is -2.44. The molecule has 0 aromatic rings. The molecule has 3 unspecified atom stereocenters. The fraction of sp³-hybridized carbons (Fsp3) is 1.00. The van der Waals surface area contributed by atoms with Crippen molar-refractivity contribution in [1.82, 2.24) is 5.32 Å². The summed E-state index contributed by atoms with van der Waals surface area (Å²) in [4.78, 5) is 0. The molecule has 3 aliphatic rings. The Balaban J connectivity index is 1.56. The Morgan fingerprint density at radius 1 is 0.950 bits per heavy atom. The Kier molecular flexibility index (Phi) is 5.00. The summed E-state index contributed by atoms with van der Waals surface area (Å²) in [5.74, 6) is 0.839. The number of rotatable bonds is 2. The van der Waals surface area contributed by atoms with Gasteiger partial charge >= 0.3 is 0 Å². The average Bonchev–Trinajstić information content (AvgIpc) is 2.65. The molecule has 1 N–H and O–H groups in total. The summed E-state index contributed by atoms with van der Waals surface area (Å²) in [5.41, 5.74) is 0.127. The topological polar surface area (TPSA) is 30.5 Å². The molecule has 3 nitrogen and oxygen atoms in total. The summed E-state index contributed by atoms with van der Waals surface area (Å²) in [6, 6.07) is 1.39. The molecule has 3 heteroatoms. The number of nitrogens with one attached hydrogen (secondary N) is 1. The van der Waals surface area contributed by atoms with Gasteiger partial charge < -0.3 is 14.8 Å². The predicted octanol–water partition coefficient (Wildman–Crippen LogP) is 3.27. The average molecular weight is 281 g/mol. The van der Waals surface area contributed by atoms with Crippen LogP contribution in [0.4, 0.5) is 0 Å². The van der Waals surface area contributed by atoms with Crippen LogP contribution in [0.5, 0.6) is 0 Å². The molecule has 116 valence electrons. The maximum atomic E-state index is 6.16. The van der Waals surface area contributed by atoms with E-state index in [0.717, 1.165) is 44.6 Å². The Bertz CT molecular complexity index is 296. The van der Waals surface area contributed by atoms with Gasteiger partial charge in [-0.1, -0.05) is 26.2 Å². The van der Waals surface area contributed by atoms with Crippen molar-refractivity contribution < 1.29 is 9.47 Å². The minimum absolute atomic E-state index is 0.127. The first-order valence-corrected chi connectivity index (χ1v) is 8.75. The first-order chi connectivity index (χ1) is 9.77. The zero-order valence-electron chi connectivity index (χ0n) is 13.0. The molecule has 1 saturated carbocycles. The van der Waals surface area contributed by atoms with E-state index in [4.69, 9.17) is 9.47 Å². The molecule has 1 aliphatic carbocycles. The quantitative estimate of drug-likeness (QED) is 0.788. The highest BCUT2D eigenvalue weighted by molar-refractivity contribution is 4.93. The van der Waals surface area contributed by atoms with Gasteiger partial charge in [0.15, 0.2) is 0 Å². The van der Waals surface area contributed by atoms with Crippen molar-refractivity contribution in [3.63, 3.8) is 0 Å². The minimum Gasteiger partial charge on any atom is -0.381 e. The maximum absolute atomic E-state index is 6.16. The fourth-order valence-electron chi connectivity index (χ4n) is 4.31. The fourth-order valence-corrected chi connectivity index (χ4v) is 4.31. The van der Waals surface area contributed by atoms with Crippen molar-refractivity contribution in [3.05, 3.63) is 0 Å². The Hall–Kier alpha value is -0.120. The van der Waals surface area contributed by atoms with Crippen molar-refractivity contribution in [2.24, 2.45) is 5.92 Å². The summed E-state index contributed by atoms with van der Waals surface area (Å²) in [7, 11) is 0. The van der Waals surface area contributed by atoms with Crippen molar-refractivity contribution >= 4 is 0 Å². The van der Waals surface area contributed by atoms with Gasteiger partial charge in [-0.2, -0.15) is 0 Å². The van der Waals surface area contributed by atoms with E-state index in [-0.39, 0.29) is 5.60 Å². The standard InChI is InChI=1S/C17H31NO2/c1-14-5-3-2-4-6-16(14)18-15-7-10-20-17(13-15)8-11-19-12-9-17/h14-16,18H,2-13H2,1H3. The Labute approximate surface area is 123 Å². The summed E-state index contributed by atoms with van der Waals surface area (Å²) in [6.45, 7) is 5.13. The van der Waals surface area contributed by atoms with Gasteiger partial charge in [-0.05, 0) is 44.4 Å². The number of hydrogen-bond acceptors (Lipinski definition) is 3. The molecule has 2 heterocycles. The lowest BCUT2D eigenvalue weighted by Crippen LogP contribution is -2.52. The van der Waals surface area contributed by atoms with Gasteiger partial charge in [0, 0.05) is 31.9 Å². The highest BCUT2D eigenvalue weighted by Crippen LogP contribution is 2.35. The third kappa shape index (κ3) is 3.55. The van der Waals surface area contributed by atoms with Gasteiger partial charge in [-0.3, -0.25) is 0 Å². The van der Waals surface area contributed by atoms with Crippen molar-refractivity contribution in [2.75, 3.05) is 19.8 Å². The van der Waals surface area contributed by atoms with Crippen LogP contribution in [0.25, 0.3) is 0 Å².